The molecule has 0 spiro atoms. The fourth-order valence-electron chi connectivity index (χ4n) is 2.64. The number of rotatable bonds is 1. The van der Waals surface area contributed by atoms with Gasteiger partial charge in [0.2, 0.25) is 0 Å². The minimum absolute atomic E-state index is 0.664. The number of piperidine rings is 1. The average Bonchev–Trinajstić information content (AvgIpc) is 2.75. The molecule has 0 aromatic carbocycles. The van der Waals surface area contributed by atoms with Gasteiger partial charge in [0.1, 0.15) is 5.65 Å². The SMILES string of the molecule is Cc1cccc2ncc(C3CCNCC3)n12. The Morgan fingerprint density at radius 1 is 1.31 bits per heavy atom. The zero-order valence-corrected chi connectivity index (χ0v) is 9.61. The highest BCUT2D eigenvalue weighted by atomic mass is 15.0. The van der Waals surface area contributed by atoms with Gasteiger partial charge in [-0.2, -0.15) is 0 Å². The molecule has 3 heteroatoms. The molecule has 0 atom stereocenters. The van der Waals surface area contributed by atoms with Crippen molar-refractivity contribution < 1.29 is 0 Å². The predicted molar refractivity (Wildman–Crippen MR) is 64.8 cm³/mol. The van der Waals surface area contributed by atoms with E-state index in [2.05, 4.69) is 46.0 Å². The maximum Gasteiger partial charge on any atom is 0.137 e. The van der Waals surface area contributed by atoms with E-state index in [-0.39, 0.29) is 0 Å². The Morgan fingerprint density at radius 2 is 2.12 bits per heavy atom. The largest absolute Gasteiger partial charge is 0.317 e. The number of imidazole rings is 1. The summed E-state index contributed by atoms with van der Waals surface area (Å²) < 4.78 is 2.30. The van der Waals surface area contributed by atoms with E-state index >= 15 is 0 Å². The van der Waals surface area contributed by atoms with Gasteiger partial charge in [-0.1, -0.05) is 6.07 Å². The van der Waals surface area contributed by atoms with Crippen LogP contribution in [0.3, 0.4) is 0 Å². The van der Waals surface area contributed by atoms with E-state index in [1.807, 2.05) is 0 Å². The van der Waals surface area contributed by atoms with Gasteiger partial charge in [-0.3, -0.25) is 0 Å². The fourth-order valence-corrected chi connectivity index (χ4v) is 2.64. The van der Waals surface area contributed by atoms with Crippen LogP contribution in [0.4, 0.5) is 0 Å². The number of aromatic nitrogens is 2. The average molecular weight is 215 g/mol. The molecule has 1 saturated heterocycles. The molecule has 0 amide bonds. The van der Waals surface area contributed by atoms with Gasteiger partial charge in [0, 0.05) is 23.5 Å². The number of fused-ring (bicyclic) bond motifs is 1. The Labute approximate surface area is 95.5 Å². The molecule has 0 unspecified atom stereocenters. The highest BCUT2D eigenvalue weighted by Gasteiger charge is 2.19. The third-order valence-electron chi connectivity index (χ3n) is 3.51. The smallest absolute Gasteiger partial charge is 0.137 e. The lowest BCUT2D eigenvalue weighted by molar-refractivity contribution is 0.451. The summed E-state index contributed by atoms with van der Waals surface area (Å²) in [7, 11) is 0. The standard InChI is InChI=1S/C13H17N3/c1-10-3-2-4-13-15-9-12(16(10)13)11-5-7-14-8-6-11/h2-4,9,11,14H,5-8H2,1H3. The summed E-state index contributed by atoms with van der Waals surface area (Å²) in [5, 5.41) is 3.41. The lowest BCUT2D eigenvalue weighted by Gasteiger charge is -2.22. The zero-order valence-electron chi connectivity index (χ0n) is 9.61. The molecule has 0 aliphatic carbocycles. The van der Waals surface area contributed by atoms with Gasteiger partial charge in [-0.25, -0.2) is 4.98 Å². The van der Waals surface area contributed by atoms with Crippen molar-refractivity contribution in [2.24, 2.45) is 0 Å². The van der Waals surface area contributed by atoms with Crippen molar-refractivity contribution in [2.75, 3.05) is 13.1 Å². The molecular weight excluding hydrogens is 198 g/mol. The molecular formula is C13H17N3. The van der Waals surface area contributed by atoms with Gasteiger partial charge in [-0.15, -0.1) is 0 Å². The maximum atomic E-state index is 4.50. The highest BCUT2D eigenvalue weighted by molar-refractivity contribution is 5.43. The Balaban J connectivity index is 2.09. The normalized spacial score (nSPS) is 18.1. The number of aryl methyl sites for hydroxylation is 1. The van der Waals surface area contributed by atoms with Crippen LogP contribution >= 0.6 is 0 Å². The van der Waals surface area contributed by atoms with Crippen molar-refractivity contribution in [3.05, 3.63) is 35.8 Å². The van der Waals surface area contributed by atoms with E-state index in [1.165, 1.54) is 24.2 Å². The number of nitrogens with one attached hydrogen (secondary N) is 1. The molecule has 2 aromatic heterocycles. The molecule has 0 bridgehead atoms. The van der Waals surface area contributed by atoms with Crippen molar-refractivity contribution >= 4 is 5.65 Å². The Morgan fingerprint density at radius 3 is 2.94 bits per heavy atom. The van der Waals surface area contributed by atoms with E-state index in [4.69, 9.17) is 0 Å². The first-order valence-electron chi connectivity index (χ1n) is 6.00. The monoisotopic (exact) mass is 215 g/mol. The van der Waals surface area contributed by atoms with E-state index in [1.54, 1.807) is 0 Å². The van der Waals surface area contributed by atoms with Gasteiger partial charge in [0.25, 0.3) is 0 Å². The summed E-state index contributed by atoms with van der Waals surface area (Å²) in [4.78, 5) is 4.50. The summed E-state index contributed by atoms with van der Waals surface area (Å²) in [6, 6.07) is 6.31. The van der Waals surface area contributed by atoms with Gasteiger partial charge in [0.15, 0.2) is 0 Å². The fraction of sp³-hybridized carbons (Fsp3) is 0.462. The van der Waals surface area contributed by atoms with Crippen LogP contribution in [0.25, 0.3) is 5.65 Å². The summed E-state index contributed by atoms with van der Waals surface area (Å²) in [6.07, 6.45) is 4.50. The van der Waals surface area contributed by atoms with E-state index in [9.17, 15) is 0 Å². The summed E-state index contributed by atoms with van der Waals surface area (Å²) >= 11 is 0. The van der Waals surface area contributed by atoms with Crippen LogP contribution in [-0.2, 0) is 0 Å². The first kappa shape index (κ1) is 9.85. The molecule has 1 aliphatic heterocycles. The van der Waals surface area contributed by atoms with E-state index in [0.29, 0.717) is 5.92 Å². The minimum Gasteiger partial charge on any atom is -0.317 e. The van der Waals surface area contributed by atoms with E-state index in [0.717, 1.165) is 18.7 Å². The predicted octanol–water partition coefficient (Wildman–Crippen LogP) is 2.11. The maximum absolute atomic E-state index is 4.50. The second kappa shape index (κ2) is 3.91. The van der Waals surface area contributed by atoms with Crippen LogP contribution in [0.15, 0.2) is 24.4 Å². The van der Waals surface area contributed by atoms with Crippen molar-refractivity contribution in [3.63, 3.8) is 0 Å². The van der Waals surface area contributed by atoms with Gasteiger partial charge in [0.05, 0.1) is 0 Å². The minimum atomic E-state index is 0.664. The highest BCUT2D eigenvalue weighted by Crippen LogP contribution is 2.26. The number of hydrogen-bond donors (Lipinski definition) is 1. The second-order valence-corrected chi connectivity index (χ2v) is 4.57. The quantitative estimate of drug-likeness (QED) is 0.789. The van der Waals surface area contributed by atoms with Crippen LogP contribution in [-0.4, -0.2) is 22.5 Å². The molecule has 0 saturated carbocycles. The van der Waals surface area contributed by atoms with Crippen molar-refractivity contribution in [2.45, 2.75) is 25.7 Å². The molecule has 2 aromatic rings. The Kier molecular flexibility index (Phi) is 2.40. The van der Waals surface area contributed by atoms with Crippen molar-refractivity contribution in [1.82, 2.24) is 14.7 Å². The van der Waals surface area contributed by atoms with Crippen molar-refractivity contribution in [3.8, 4) is 0 Å². The lowest BCUT2D eigenvalue weighted by Crippen LogP contribution is -2.27. The zero-order chi connectivity index (χ0) is 11.0. The van der Waals surface area contributed by atoms with E-state index < -0.39 is 0 Å². The van der Waals surface area contributed by atoms with Crippen LogP contribution in [0.1, 0.15) is 30.1 Å². The summed E-state index contributed by atoms with van der Waals surface area (Å²) in [5.41, 5.74) is 3.74. The Bertz CT molecular complexity index is 495. The molecule has 16 heavy (non-hydrogen) atoms. The third kappa shape index (κ3) is 1.52. The van der Waals surface area contributed by atoms with Crippen LogP contribution in [0.2, 0.25) is 0 Å². The molecule has 3 nitrogen and oxygen atoms in total. The molecule has 1 aliphatic rings. The summed E-state index contributed by atoms with van der Waals surface area (Å²) in [5.74, 6) is 0.664. The third-order valence-corrected chi connectivity index (χ3v) is 3.51. The molecule has 1 N–H and O–H groups in total. The second-order valence-electron chi connectivity index (χ2n) is 4.57. The van der Waals surface area contributed by atoms with Gasteiger partial charge < -0.3 is 9.72 Å². The number of nitrogens with zero attached hydrogens (tertiary/aromatic N) is 2. The van der Waals surface area contributed by atoms with Crippen LogP contribution in [0, 0.1) is 6.92 Å². The Hall–Kier alpha value is -1.35. The number of pyridine rings is 1. The first-order valence-corrected chi connectivity index (χ1v) is 6.00. The van der Waals surface area contributed by atoms with Crippen molar-refractivity contribution in [1.29, 1.82) is 0 Å². The summed E-state index contributed by atoms with van der Waals surface area (Å²) in [6.45, 7) is 4.41. The molecule has 1 fully saturated rings. The van der Waals surface area contributed by atoms with Crippen LogP contribution < -0.4 is 5.32 Å². The van der Waals surface area contributed by atoms with Gasteiger partial charge >= 0.3 is 0 Å². The lowest BCUT2D eigenvalue weighted by atomic mass is 9.95. The van der Waals surface area contributed by atoms with Gasteiger partial charge in [-0.05, 0) is 45.0 Å². The number of hydrogen-bond acceptors (Lipinski definition) is 2. The molecule has 3 heterocycles. The first-order chi connectivity index (χ1) is 7.86. The molecule has 3 rings (SSSR count). The van der Waals surface area contributed by atoms with Crippen LogP contribution in [0.5, 0.6) is 0 Å². The topological polar surface area (TPSA) is 29.3 Å². The molecule has 0 radical (unpaired) electrons. The molecule has 84 valence electrons.